The molecule has 17 heavy (non-hydrogen) atoms. The maximum atomic E-state index is 11.3. The summed E-state index contributed by atoms with van der Waals surface area (Å²) in [6.45, 7) is 3.72. The molecular weight excluding hydrogens is 216 g/mol. The number of carbonyl (C=O) groups excluding carboxylic acids is 1. The summed E-state index contributed by atoms with van der Waals surface area (Å²) < 4.78 is 4.64. The lowest BCUT2D eigenvalue weighted by Gasteiger charge is -2.18. The van der Waals surface area contributed by atoms with Crippen molar-refractivity contribution in [1.29, 1.82) is 5.26 Å². The maximum Gasteiger partial charge on any atom is 0.322 e. The smallest absolute Gasteiger partial charge is 0.322 e. The van der Waals surface area contributed by atoms with Gasteiger partial charge in [0.1, 0.15) is 6.04 Å². The van der Waals surface area contributed by atoms with E-state index in [0.29, 0.717) is 5.56 Å². The van der Waals surface area contributed by atoms with E-state index >= 15 is 0 Å². The minimum atomic E-state index is -0.356. The Bertz CT molecular complexity index is 420. The van der Waals surface area contributed by atoms with Crippen LogP contribution in [0, 0.1) is 11.3 Å². The van der Waals surface area contributed by atoms with Gasteiger partial charge in [-0.2, -0.15) is 5.26 Å². The molecule has 2 atom stereocenters. The van der Waals surface area contributed by atoms with E-state index in [1.807, 2.05) is 19.1 Å². The van der Waals surface area contributed by atoms with Gasteiger partial charge in [-0.05, 0) is 31.5 Å². The fourth-order valence-electron chi connectivity index (χ4n) is 1.56. The van der Waals surface area contributed by atoms with Crippen molar-refractivity contribution in [1.82, 2.24) is 5.32 Å². The van der Waals surface area contributed by atoms with Crippen molar-refractivity contribution in [3.8, 4) is 6.07 Å². The maximum absolute atomic E-state index is 11.3. The summed E-state index contributed by atoms with van der Waals surface area (Å²) >= 11 is 0. The van der Waals surface area contributed by atoms with Gasteiger partial charge in [-0.1, -0.05) is 12.1 Å². The first-order chi connectivity index (χ1) is 8.08. The number of ether oxygens (including phenoxy) is 1. The van der Waals surface area contributed by atoms with Crippen molar-refractivity contribution in [2.75, 3.05) is 7.11 Å². The number of hydrogen-bond acceptors (Lipinski definition) is 4. The summed E-state index contributed by atoms with van der Waals surface area (Å²) in [5.74, 6) is -0.287. The van der Waals surface area contributed by atoms with E-state index in [2.05, 4.69) is 16.1 Å². The van der Waals surface area contributed by atoms with Crippen LogP contribution in [0.2, 0.25) is 0 Å². The quantitative estimate of drug-likeness (QED) is 0.804. The van der Waals surface area contributed by atoms with E-state index in [1.54, 1.807) is 19.1 Å². The zero-order chi connectivity index (χ0) is 12.8. The molecule has 0 fully saturated rings. The number of methoxy groups -OCH3 is 1. The highest BCUT2D eigenvalue weighted by Crippen LogP contribution is 2.13. The number of rotatable bonds is 4. The molecule has 0 saturated carbocycles. The molecule has 1 aromatic carbocycles. The number of carbonyl (C=O) groups is 1. The van der Waals surface area contributed by atoms with Gasteiger partial charge in [-0.3, -0.25) is 10.1 Å². The summed E-state index contributed by atoms with van der Waals surface area (Å²) in [5, 5.41) is 11.8. The Morgan fingerprint density at radius 1 is 1.35 bits per heavy atom. The molecule has 1 unspecified atom stereocenters. The molecule has 1 aromatic rings. The van der Waals surface area contributed by atoms with Crippen molar-refractivity contribution in [2.24, 2.45) is 0 Å². The highest BCUT2D eigenvalue weighted by Gasteiger charge is 2.16. The minimum Gasteiger partial charge on any atom is -0.468 e. The van der Waals surface area contributed by atoms with E-state index < -0.39 is 0 Å². The monoisotopic (exact) mass is 232 g/mol. The molecule has 0 spiro atoms. The predicted molar refractivity (Wildman–Crippen MR) is 64.2 cm³/mol. The fraction of sp³-hybridized carbons (Fsp3) is 0.385. The molecule has 0 aliphatic rings. The first kappa shape index (κ1) is 13.2. The van der Waals surface area contributed by atoms with E-state index in [4.69, 9.17) is 5.26 Å². The molecular formula is C13H16N2O2. The first-order valence-corrected chi connectivity index (χ1v) is 5.42. The molecule has 0 aromatic heterocycles. The molecule has 0 aliphatic carbocycles. The van der Waals surface area contributed by atoms with Gasteiger partial charge in [0.25, 0.3) is 0 Å². The van der Waals surface area contributed by atoms with Gasteiger partial charge in [0.2, 0.25) is 0 Å². The third kappa shape index (κ3) is 3.58. The Morgan fingerprint density at radius 2 is 1.94 bits per heavy atom. The fourth-order valence-corrected chi connectivity index (χ4v) is 1.56. The predicted octanol–water partition coefficient (Wildman–Crippen LogP) is 1.77. The molecule has 0 amide bonds. The van der Waals surface area contributed by atoms with Crippen LogP contribution in [-0.2, 0) is 9.53 Å². The van der Waals surface area contributed by atoms with Crippen LogP contribution in [0.4, 0.5) is 0 Å². The Labute approximate surface area is 101 Å². The molecule has 0 aliphatic heterocycles. The summed E-state index contributed by atoms with van der Waals surface area (Å²) in [4.78, 5) is 11.3. The van der Waals surface area contributed by atoms with Crippen LogP contribution >= 0.6 is 0 Å². The van der Waals surface area contributed by atoms with Crippen LogP contribution in [0.3, 0.4) is 0 Å². The SMILES string of the molecule is COC(=O)[C@H](C)NC(C)c1ccc(C#N)cc1. The van der Waals surface area contributed by atoms with Crippen molar-refractivity contribution in [2.45, 2.75) is 25.9 Å². The molecule has 4 nitrogen and oxygen atoms in total. The summed E-state index contributed by atoms with van der Waals surface area (Å²) in [6.07, 6.45) is 0. The summed E-state index contributed by atoms with van der Waals surface area (Å²) in [5.41, 5.74) is 1.65. The highest BCUT2D eigenvalue weighted by atomic mass is 16.5. The molecule has 1 rings (SSSR count). The second-order valence-electron chi connectivity index (χ2n) is 3.87. The molecule has 0 bridgehead atoms. The second-order valence-corrected chi connectivity index (χ2v) is 3.87. The van der Waals surface area contributed by atoms with Gasteiger partial charge in [-0.15, -0.1) is 0 Å². The molecule has 4 heteroatoms. The zero-order valence-corrected chi connectivity index (χ0v) is 10.2. The molecule has 1 N–H and O–H groups in total. The minimum absolute atomic E-state index is 0.0249. The third-order valence-corrected chi connectivity index (χ3v) is 2.59. The van der Waals surface area contributed by atoms with Crippen LogP contribution < -0.4 is 5.32 Å². The lowest BCUT2D eigenvalue weighted by Crippen LogP contribution is -2.36. The van der Waals surface area contributed by atoms with Crippen molar-refractivity contribution < 1.29 is 9.53 Å². The van der Waals surface area contributed by atoms with Gasteiger partial charge in [-0.25, -0.2) is 0 Å². The Morgan fingerprint density at radius 3 is 2.41 bits per heavy atom. The van der Waals surface area contributed by atoms with Crippen molar-refractivity contribution in [3.05, 3.63) is 35.4 Å². The van der Waals surface area contributed by atoms with E-state index in [-0.39, 0.29) is 18.1 Å². The summed E-state index contributed by atoms with van der Waals surface area (Å²) in [6, 6.07) is 9.01. The van der Waals surface area contributed by atoms with Crippen LogP contribution in [-0.4, -0.2) is 19.1 Å². The normalized spacial score (nSPS) is 13.5. The van der Waals surface area contributed by atoms with Crippen LogP contribution in [0.15, 0.2) is 24.3 Å². The number of nitriles is 1. The Balaban J connectivity index is 2.66. The second kappa shape index (κ2) is 6.02. The van der Waals surface area contributed by atoms with Crippen molar-refractivity contribution >= 4 is 5.97 Å². The van der Waals surface area contributed by atoms with Crippen LogP contribution in [0.1, 0.15) is 31.0 Å². The number of nitrogens with zero attached hydrogens (tertiary/aromatic N) is 1. The van der Waals surface area contributed by atoms with Gasteiger partial charge in [0.05, 0.1) is 18.7 Å². The lowest BCUT2D eigenvalue weighted by molar-refractivity contribution is -0.142. The first-order valence-electron chi connectivity index (χ1n) is 5.42. The van der Waals surface area contributed by atoms with E-state index in [0.717, 1.165) is 5.56 Å². The van der Waals surface area contributed by atoms with Crippen LogP contribution in [0.5, 0.6) is 0 Å². The van der Waals surface area contributed by atoms with Crippen molar-refractivity contribution in [3.63, 3.8) is 0 Å². The number of hydrogen-bond donors (Lipinski definition) is 1. The molecule has 0 heterocycles. The summed E-state index contributed by atoms with van der Waals surface area (Å²) in [7, 11) is 1.37. The largest absolute Gasteiger partial charge is 0.468 e. The van der Waals surface area contributed by atoms with Gasteiger partial charge in [0, 0.05) is 6.04 Å². The lowest BCUT2D eigenvalue weighted by atomic mass is 10.1. The standard InChI is InChI=1S/C13H16N2O2/c1-9(15-10(2)13(16)17-3)12-6-4-11(8-14)5-7-12/h4-7,9-10,15H,1-3H3/t9?,10-/m0/s1. The number of benzene rings is 1. The van der Waals surface area contributed by atoms with Gasteiger partial charge >= 0.3 is 5.97 Å². The molecule has 0 saturated heterocycles. The number of nitrogens with one attached hydrogen (secondary N) is 1. The Hall–Kier alpha value is -1.86. The number of esters is 1. The highest BCUT2D eigenvalue weighted by molar-refractivity contribution is 5.75. The molecule has 90 valence electrons. The van der Waals surface area contributed by atoms with E-state index in [1.165, 1.54) is 7.11 Å². The third-order valence-electron chi connectivity index (χ3n) is 2.59. The average molecular weight is 232 g/mol. The zero-order valence-electron chi connectivity index (χ0n) is 10.2. The average Bonchev–Trinajstić information content (AvgIpc) is 2.37. The molecule has 0 radical (unpaired) electrons. The topological polar surface area (TPSA) is 62.1 Å². The van der Waals surface area contributed by atoms with Gasteiger partial charge in [0.15, 0.2) is 0 Å². The Kier molecular flexibility index (Phi) is 4.68. The van der Waals surface area contributed by atoms with Gasteiger partial charge < -0.3 is 4.74 Å². The van der Waals surface area contributed by atoms with Crippen LogP contribution in [0.25, 0.3) is 0 Å². The van der Waals surface area contributed by atoms with E-state index in [9.17, 15) is 4.79 Å².